The van der Waals surface area contributed by atoms with Gasteiger partial charge in [0, 0.05) is 23.4 Å². The second kappa shape index (κ2) is 6.23. The highest BCUT2D eigenvalue weighted by Gasteiger charge is 2.42. The van der Waals surface area contributed by atoms with Gasteiger partial charge in [-0.05, 0) is 6.07 Å². The molecule has 4 N–H and O–H groups in total. The molecule has 10 nitrogen and oxygen atoms in total. The van der Waals surface area contributed by atoms with E-state index in [4.69, 9.17) is 9.84 Å². The molecule has 1 heterocycles. The minimum Gasteiger partial charge on any atom is -0.545 e. The number of hydrogen-bond acceptors (Lipinski definition) is 9. The number of nitro benzene ring substituents is 1. The third kappa shape index (κ3) is 3.14. The molecule has 2 rings (SSSR count). The van der Waals surface area contributed by atoms with Crippen LogP contribution >= 0.6 is 0 Å². The average molecular weight is 313 g/mol. The number of anilines is 1. The summed E-state index contributed by atoms with van der Waals surface area (Å²) in [5.41, 5.74) is -0.928. The monoisotopic (exact) mass is 313 g/mol. The second-order valence-electron chi connectivity index (χ2n) is 4.72. The lowest BCUT2D eigenvalue weighted by Crippen LogP contribution is -2.36. The fraction of sp³-hybridized carbons (Fsp3) is 0.417. The van der Waals surface area contributed by atoms with Crippen LogP contribution in [0.5, 0.6) is 0 Å². The van der Waals surface area contributed by atoms with Gasteiger partial charge in [0.1, 0.15) is 18.3 Å². The fourth-order valence-electron chi connectivity index (χ4n) is 2.10. The summed E-state index contributed by atoms with van der Waals surface area (Å²) in [6.45, 7) is -0.532. The summed E-state index contributed by atoms with van der Waals surface area (Å²) in [4.78, 5) is 20.9. The molecule has 0 amide bonds. The largest absolute Gasteiger partial charge is 0.545 e. The number of aliphatic hydroxyl groups is 3. The van der Waals surface area contributed by atoms with Crippen LogP contribution in [0.25, 0.3) is 0 Å². The number of rotatable bonds is 5. The summed E-state index contributed by atoms with van der Waals surface area (Å²) in [6, 6.07) is 2.94. The third-order valence-electron chi connectivity index (χ3n) is 3.22. The zero-order valence-corrected chi connectivity index (χ0v) is 11.1. The van der Waals surface area contributed by atoms with Crippen LogP contribution in [0.2, 0.25) is 0 Å². The number of benzene rings is 1. The lowest BCUT2D eigenvalue weighted by molar-refractivity contribution is -0.384. The molecule has 0 aromatic heterocycles. The molecular weight excluding hydrogens is 300 g/mol. The predicted octanol–water partition coefficient (Wildman–Crippen LogP) is -2.19. The van der Waals surface area contributed by atoms with Gasteiger partial charge in [-0.2, -0.15) is 0 Å². The molecule has 1 aliphatic heterocycles. The van der Waals surface area contributed by atoms with E-state index in [0.29, 0.717) is 0 Å². The van der Waals surface area contributed by atoms with E-state index in [1.807, 2.05) is 0 Å². The van der Waals surface area contributed by atoms with Crippen molar-refractivity contribution in [3.63, 3.8) is 0 Å². The Labute approximate surface area is 123 Å². The Hall–Kier alpha value is -2.27. The van der Waals surface area contributed by atoms with Gasteiger partial charge in [-0.3, -0.25) is 10.1 Å². The topological polar surface area (TPSA) is 165 Å². The molecule has 22 heavy (non-hydrogen) atoms. The maximum atomic E-state index is 10.9. The Morgan fingerprint density at radius 3 is 2.50 bits per heavy atom. The van der Waals surface area contributed by atoms with Gasteiger partial charge >= 0.3 is 0 Å². The number of hydrogen-bond donors (Lipinski definition) is 4. The van der Waals surface area contributed by atoms with Crippen LogP contribution in [0.15, 0.2) is 18.2 Å². The Balaban J connectivity index is 2.26. The molecule has 1 fully saturated rings. The standard InChI is InChI=1S/C12H14N2O8/c15-4-8-9(16)10(17)11(22-8)13-6-1-5(12(18)19)2-7(3-6)14(20)21/h1-3,8-11,13,15-17H,4H2,(H,18,19)/p-1/t8-,9+,10+,11-/m0/s1. The SMILES string of the molecule is O=C([O-])c1cc(N[C@H]2O[C@@H](CO)[C@@H](O)[C@H]2O)cc([N+](=O)[O-])c1. The van der Waals surface area contributed by atoms with E-state index in [0.717, 1.165) is 18.2 Å². The van der Waals surface area contributed by atoms with Gasteiger partial charge in [0.25, 0.3) is 5.69 Å². The number of ether oxygens (including phenoxy) is 1. The summed E-state index contributed by atoms with van der Waals surface area (Å²) in [7, 11) is 0. The zero-order valence-electron chi connectivity index (χ0n) is 11.1. The molecule has 0 unspecified atom stereocenters. The van der Waals surface area contributed by atoms with Crippen LogP contribution in [-0.2, 0) is 4.74 Å². The number of carboxylic acid groups (broad SMARTS) is 1. The van der Waals surface area contributed by atoms with Gasteiger partial charge in [-0.1, -0.05) is 0 Å². The molecule has 0 bridgehead atoms. The van der Waals surface area contributed by atoms with E-state index in [-0.39, 0.29) is 5.69 Å². The summed E-state index contributed by atoms with van der Waals surface area (Å²) in [6.07, 6.45) is -4.93. The van der Waals surface area contributed by atoms with Crippen molar-refractivity contribution < 1.29 is 34.9 Å². The van der Waals surface area contributed by atoms with Crippen molar-refractivity contribution in [2.75, 3.05) is 11.9 Å². The quantitative estimate of drug-likeness (QED) is 0.349. The Bertz CT molecular complexity index is 560. The highest BCUT2D eigenvalue weighted by atomic mass is 16.6. The summed E-state index contributed by atoms with van der Waals surface area (Å²) in [5.74, 6) is -1.60. The lowest BCUT2D eigenvalue weighted by atomic mass is 10.1. The van der Waals surface area contributed by atoms with Crippen LogP contribution in [-0.4, -0.2) is 57.4 Å². The molecular formula is C12H13N2O8-. The summed E-state index contributed by atoms with van der Waals surface area (Å²) < 4.78 is 5.15. The molecule has 1 aromatic rings. The van der Waals surface area contributed by atoms with Gasteiger partial charge < -0.3 is 35.3 Å². The normalized spacial score (nSPS) is 27.6. The number of nitrogens with one attached hydrogen (secondary N) is 1. The summed E-state index contributed by atoms with van der Waals surface area (Å²) >= 11 is 0. The van der Waals surface area contributed by atoms with Crippen LogP contribution in [0.1, 0.15) is 10.4 Å². The number of carbonyl (C=O) groups excluding carboxylic acids is 1. The number of aromatic carboxylic acids is 1. The molecule has 0 spiro atoms. The van der Waals surface area contributed by atoms with E-state index in [9.17, 15) is 30.2 Å². The van der Waals surface area contributed by atoms with Gasteiger partial charge in [-0.25, -0.2) is 0 Å². The van der Waals surface area contributed by atoms with Crippen LogP contribution in [0, 0.1) is 10.1 Å². The fourth-order valence-corrected chi connectivity index (χ4v) is 2.10. The van der Waals surface area contributed by atoms with E-state index < -0.39 is 53.3 Å². The van der Waals surface area contributed by atoms with Crippen molar-refractivity contribution in [2.45, 2.75) is 24.5 Å². The van der Waals surface area contributed by atoms with Gasteiger partial charge in [0.2, 0.25) is 0 Å². The molecule has 0 radical (unpaired) electrons. The molecule has 10 heteroatoms. The number of carbonyl (C=O) groups is 1. The highest BCUT2D eigenvalue weighted by molar-refractivity contribution is 5.88. The number of nitro groups is 1. The molecule has 4 atom stereocenters. The van der Waals surface area contributed by atoms with Crippen molar-refractivity contribution in [1.29, 1.82) is 0 Å². The van der Waals surface area contributed by atoms with E-state index in [1.165, 1.54) is 0 Å². The molecule has 0 aliphatic carbocycles. The number of nitrogens with zero attached hydrogens (tertiary/aromatic N) is 1. The van der Waals surface area contributed by atoms with Crippen LogP contribution in [0.4, 0.5) is 11.4 Å². The van der Waals surface area contributed by atoms with Crippen molar-refractivity contribution in [3.05, 3.63) is 33.9 Å². The predicted molar refractivity (Wildman–Crippen MR) is 68.8 cm³/mol. The summed E-state index contributed by atoms with van der Waals surface area (Å²) in [5, 5.41) is 52.5. The zero-order chi connectivity index (χ0) is 16.4. The smallest absolute Gasteiger partial charge is 0.272 e. The number of carboxylic acids is 1. The molecule has 120 valence electrons. The van der Waals surface area contributed by atoms with Crippen molar-refractivity contribution >= 4 is 17.3 Å². The average Bonchev–Trinajstić information content (AvgIpc) is 2.74. The molecule has 1 aliphatic rings. The van der Waals surface area contributed by atoms with E-state index in [2.05, 4.69) is 5.32 Å². The minimum atomic E-state index is -1.60. The first-order valence-corrected chi connectivity index (χ1v) is 6.23. The maximum absolute atomic E-state index is 10.9. The van der Waals surface area contributed by atoms with Crippen molar-refractivity contribution in [2.24, 2.45) is 0 Å². The second-order valence-corrected chi connectivity index (χ2v) is 4.72. The van der Waals surface area contributed by atoms with E-state index >= 15 is 0 Å². The first-order chi connectivity index (χ1) is 10.3. The van der Waals surface area contributed by atoms with Crippen molar-refractivity contribution in [3.8, 4) is 0 Å². The Morgan fingerprint density at radius 2 is 2.00 bits per heavy atom. The molecule has 1 aromatic carbocycles. The number of aliphatic hydroxyl groups excluding tert-OH is 3. The molecule has 0 saturated carbocycles. The Morgan fingerprint density at radius 1 is 1.32 bits per heavy atom. The van der Waals surface area contributed by atoms with Gasteiger partial charge in [0.05, 0.1) is 17.5 Å². The maximum Gasteiger partial charge on any atom is 0.272 e. The lowest BCUT2D eigenvalue weighted by Gasteiger charge is -2.18. The number of non-ortho nitro benzene ring substituents is 1. The van der Waals surface area contributed by atoms with Crippen LogP contribution in [0.3, 0.4) is 0 Å². The van der Waals surface area contributed by atoms with E-state index in [1.54, 1.807) is 0 Å². The Kier molecular flexibility index (Phi) is 4.56. The third-order valence-corrected chi connectivity index (χ3v) is 3.22. The van der Waals surface area contributed by atoms with Gasteiger partial charge in [0.15, 0.2) is 6.23 Å². The van der Waals surface area contributed by atoms with Crippen LogP contribution < -0.4 is 10.4 Å². The minimum absolute atomic E-state index is 0.0109. The first kappa shape index (κ1) is 16.1. The van der Waals surface area contributed by atoms with Gasteiger partial charge in [-0.15, -0.1) is 0 Å². The first-order valence-electron chi connectivity index (χ1n) is 6.23. The van der Waals surface area contributed by atoms with Crippen molar-refractivity contribution in [1.82, 2.24) is 0 Å². The highest BCUT2D eigenvalue weighted by Crippen LogP contribution is 2.26. The molecule has 1 saturated heterocycles.